The second-order valence-electron chi connectivity index (χ2n) is 10.4. The van der Waals surface area contributed by atoms with Gasteiger partial charge in [-0.15, -0.1) is 0 Å². The van der Waals surface area contributed by atoms with E-state index >= 15 is 0 Å². The maximum atomic E-state index is 14.5. The fourth-order valence-corrected chi connectivity index (χ4v) is 4.96. The molecular weight excluding hydrogens is 544 g/mol. The van der Waals surface area contributed by atoms with Crippen LogP contribution in [0.3, 0.4) is 0 Å². The Kier molecular flexibility index (Phi) is 11.8. The molecule has 4 aromatic carbocycles. The van der Waals surface area contributed by atoms with Gasteiger partial charge in [0, 0.05) is 29.9 Å². The highest BCUT2D eigenvalue weighted by atomic mass is 19.1. The van der Waals surface area contributed by atoms with E-state index in [0.717, 1.165) is 44.9 Å². The lowest BCUT2D eigenvalue weighted by molar-refractivity contribution is 0.233. The lowest BCUT2D eigenvalue weighted by atomic mass is 9.93. The fourth-order valence-electron chi connectivity index (χ4n) is 4.96. The van der Waals surface area contributed by atoms with Crippen LogP contribution in [0.2, 0.25) is 0 Å². The summed E-state index contributed by atoms with van der Waals surface area (Å²) < 4.78 is 66.8. The molecule has 0 atom stereocenters. The van der Waals surface area contributed by atoms with E-state index < -0.39 is 11.6 Å². The first-order valence-electron chi connectivity index (χ1n) is 14.4. The molecule has 0 heterocycles. The Labute approximate surface area is 244 Å². The summed E-state index contributed by atoms with van der Waals surface area (Å²) in [6.45, 7) is 1.06. The maximum absolute atomic E-state index is 14.5. The molecule has 222 valence electrons. The molecule has 0 unspecified atom stereocenters. The minimum Gasteiger partial charge on any atom is -0.493 e. The van der Waals surface area contributed by atoms with Crippen LogP contribution in [0.25, 0.3) is 22.3 Å². The summed E-state index contributed by atoms with van der Waals surface area (Å²) in [5, 5.41) is 9.47. The standard InChI is InChI=1S/C35H36F4O3/c36-28-11-7-26(8-12-28)32-17-15-30(23-34(32)38)41-21-3-1-5-25(19-20-40)6-2-4-22-42-31-16-18-33(35(39)24-31)27-9-13-29(37)14-10-27/h7-18,23-25,40H,1-6,19-22H2. The molecule has 0 aliphatic heterocycles. The first kappa shape index (κ1) is 31.1. The van der Waals surface area contributed by atoms with E-state index in [1.165, 1.54) is 36.4 Å². The van der Waals surface area contributed by atoms with Gasteiger partial charge in [-0.2, -0.15) is 0 Å². The van der Waals surface area contributed by atoms with E-state index in [-0.39, 0.29) is 18.2 Å². The van der Waals surface area contributed by atoms with Crippen molar-refractivity contribution in [2.75, 3.05) is 19.8 Å². The van der Waals surface area contributed by atoms with E-state index in [2.05, 4.69) is 0 Å². The van der Waals surface area contributed by atoms with Crippen molar-refractivity contribution in [2.45, 2.75) is 44.9 Å². The van der Waals surface area contributed by atoms with Gasteiger partial charge in [0.05, 0.1) is 13.2 Å². The van der Waals surface area contributed by atoms with Gasteiger partial charge < -0.3 is 14.6 Å². The molecule has 7 heteroatoms. The third-order valence-corrected chi connectivity index (χ3v) is 7.28. The lowest BCUT2D eigenvalue weighted by Gasteiger charge is -2.16. The molecule has 0 amide bonds. The van der Waals surface area contributed by atoms with Crippen LogP contribution in [0, 0.1) is 29.2 Å². The van der Waals surface area contributed by atoms with Crippen molar-refractivity contribution < 1.29 is 32.1 Å². The summed E-state index contributed by atoms with van der Waals surface area (Å²) in [6.07, 6.45) is 6.12. The number of halogens is 4. The van der Waals surface area contributed by atoms with Crippen LogP contribution in [-0.2, 0) is 0 Å². The largest absolute Gasteiger partial charge is 0.493 e. The van der Waals surface area contributed by atoms with Crippen LogP contribution in [0.15, 0.2) is 84.9 Å². The van der Waals surface area contributed by atoms with Gasteiger partial charge in [0.25, 0.3) is 0 Å². The van der Waals surface area contributed by atoms with Crippen molar-refractivity contribution in [3.05, 3.63) is 108 Å². The third kappa shape index (κ3) is 9.35. The van der Waals surface area contributed by atoms with Crippen molar-refractivity contribution in [3.8, 4) is 33.8 Å². The predicted molar refractivity (Wildman–Crippen MR) is 157 cm³/mol. The Balaban J connectivity index is 1.12. The highest BCUT2D eigenvalue weighted by molar-refractivity contribution is 5.65. The molecule has 0 spiro atoms. The van der Waals surface area contributed by atoms with Gasteiger partial charge in [0.2, 0.25) is 0 Å². The molecule has 1 N–H and O–H groups in total. The molecule has 0 radical (unpaired) electrons. The van der Waals surface area contributed by atoms with Gasteiger partial charge >= 0.3 is 0 Å². The predicted octanol–water partition coefficient (Wildman–Crippen LogP) is 9.37. The van der Waals surface area contributed by atoms with Gasteiger partial charge in [0.15, 0.2) is 0 Å². The molecule has 3 nitrogen and oxygen atoms in total. The zero-order valence-electron chi connectivity index (χ0n) is 23.5. The molecule has 0 aliphatic carbocycles. The maximum Gasteiger partial charge on any atom is 0.134 e. The van der Waals surface area contributed by atoms with Crippen LogP contribution in [-0.4, -0.2) is 24.9 Å². The molecule has 0 aromatic heterocycles. The number of ether oxygens (including phenoxy) is 2. The van der Waals surface area contributed by atoms with Crippen molar-refractivity contribution in [1.29, 1.82) is 0 Å². The van der Waals surface area contributed by atoms with Crippen LogP contribution in [0.1, 0.15) is 44.9 Å². The fraction of sp³-hybridized carbons (Fsp3) is 0.314. The highest BCUT2D eigenvalue weighted by Gasteiger charge is 2.11. The highest BCUT2D eigenvalue weighted by Crippen LogP contribution is 2.28. The lowest BCUT2D eigenvalue weighted by Crippen LogP contribution is -2.06. The molecule has 0 fully saturated rings. The molecule has 4 rings (SSSR count). The molecule has 0 saturated heterocycles. The number of unbranched alkanes of at least 4 members (excludes halogenated alkanes) is 2. The average molecular weight is 581 g/mol. The molecular formula is C35H36F4O3. The molecule has 0 bridgehead atoms. The van der Waals surface area contributed by atoms with Gasteiger partial charge in [-0.25, -0.2) is 17.6 Å². The van der Waals surface area contributed by atoms with E-state index in [0.29, 0.717) is 52.9 Å². The second kappa shape index (κ2) is 16.0. The zero-order valence-corrected chi connectivity index (χ0v) is 23.5. The average Bonchev–Trinajstić information content (AvgIpc) is 2.98. The number of aliphatic hydroxyl groups excluding tert-OH is 1. The summed E-state index contributed by atoms with van der Waals surface area (Å²) >= 11 is 0. The topological polar surface area (TPSA) is 38.7 Å². The second-order valence-corrected chi connectivity index (χ2v) is 10.4. The summed E-state index contributed by atoms with van der Waals surface area (Å²) in [6, 6.07) is 20.8. The van der Waals surface area contributed by atoms with E-state index in [4.69, 9.17) is 9.47 Å². The molecule has 0 aliphatic rings. The van der Waals surface area contributed by atoms with Gasteiger partial charge in [-0.3, -0.25) is 0 Å². The zero-order chi connectivity index (χ0) is 29.7. The summed E-state index contributed by atoms with van der Waals surface area (Å²) in [5.41, 5.74) is 2.00. The van der Waals surface area contributed by atoms with Gasteiger partial charge in [-0.05, 0) is 97.7 Å². The Morgan fingerprint density at radius 1 is 0.524 bits per heavy atom. The normalized spacial score (nSPS) is 11.2. The van der Waals surface area contributed by atoms with Crippen molar-refractivity contribution in [3.63, 3.8) is 0 Å². The van der Waals surface area contributed by atoms with Crippen LogP contribution in [0.5, 0.6) is 11.5 Å². The smallest absolute Gasteiger partial charge is 0.134 e. The SMILES string of the molecule is OCCC(CCCCOc1ccc(-c2ccc(F)cc2)c(F)c1)CCCCOc1ccc(-c2ccc(F)cc2)c(F)c1. The Morgan fingerprint density at radius 2 is 0.952 bits per heavy atom. The first-order valence-corrected chi connectivity index (χ1v) is 14.4. The summed E-state index contributed by atoms with van der Waals surface area (Å²) in [7, 11) is 0. The van der Waals surface area contributed by atoms with Crippen molar-refractivity contribution in [1.82, 2.24) is 0 Å². The van der Waals surface area contributed by atoms with Crippen LogP contribution < -0.4 is 9.47 Å². The molecule has 0 saturated carbocycles. The number of aliphatic hydroxyl groups is 1. The quantitative estimate of drug-likeness (QED) is 0.106. The number of rotatable bonds is 16. The van der Waals surface area contributed by atoms with Crippen molar-refractivity contribution >= 4 is 0 Å². The molecule has 42 heavy (non-hydrogen) atoms. The van der Waals surface area contributed by atoms with Crippen molar-refractivity contribution in [2.24, 2.45) is 5.92 Å². The Morgan fingerprint density at radius 3 is 1.33 bits per heavy atom. The summed E-state index contributed by atoms with van der Waals surface area (Å²) in [5.74, 6) is -0.276. The minimum atomic E-state index is -0.418. The van der Waals surface area contributed by atoms with Gasteiger partial charge in [-0.1, -0.05) is 37.1 Å². The number of hydrogen-bond acceptors (Lipinski definition) is 3. The number of benzene rings is 4. The molecule has 4 aromatic rings. The van der Waals surface area contributed by atoms with Crippen LogP contribution >= 0.6 is 0 Å². The first-order chi connectivity index (χ1) is 20.4. The van der Waals surface area contributed by atoms with Crippen LogP contribution in [0.4, 0.5) is 17.6 Å². The van der Waals surface area contributed by atoms with E-state index in [1.807, 2.05) is 0 Å². The van der Waals surface area contributed by atoms with E-state index in [1.54, 1.807) is 48.5 Å². The third-order valence-electron chi connectivity index (χ3n) is 7.28. The van der Waals surface area contributed by atoms with E-state index in [9.17, 15) is 22.7 Å². The Hall–Kier alpha value is -3.84. The number of hydrogen-bond donors (Lipinski definition) is 1. The van der Waals surface area contributed by atoms with Gasteiger partial charge in [0.1, 0.15) is 34.8 Å². The minimum absolute atomic E-state index is 0.136. The summed E-state index contributed by atoms with van der Waals surface area (Å²) in [4.78, 5) is 0. The Bertz CT molecular complexity index is 1290. The monoisotopic (exact) mass is 580 g/mol.